The van der Waals surface area contributed by atoms with Crippen molar-refractivity contribution >= 4 is 30.4 Å². The minimum atomic E-state index is -3.15. The van der Waals surface area contributed by atoms with E-state index < -0.39 is 13.1 Å². The number of rotatable bonds is 14. The van der Waals surface area contributed by atoms with Gasteiger partial charge in [-0.15, -0.1) is 0 Å². The molecule has 29 heavy (non-hydrogen) atoms. The fourth-order valence-corrected chi connectivity index (χ4v) is 5.93. The molecule has 7 nitrogen and oxygen atoms in total. The molecule has 3 atom stereocenters. The molecule has 166 valence electrons. The lowest BCUT2D eigenvalue weighted by Crippen LogP contribution is -2.43. The van der Waals surface area contributed by atoms with Crippen LogP contribution in [0.4, 0.5) is 0 Å². The standard InChI is InChI=1S/C20H34NO6PS/c1-4-5-6-7-8-9-14-27-28(23,24-3)15-11-18-21-20(16-26-17(2)22)12-10-13-25-19(20)29-18/h10,12,19H,4-9,11,13-16H2,1-3H3. The largest absolute Gasteiger partial charge is 0.463 e. The van der Waals surface area contributed by atoms with Crippen LogP contribution in [0.1, 0.15) is 58.8 Å². The second-order valence-electron chi connectivity index (χ2n) is 7.33. The molecule has 0 radical (unpaired) electrons. The lowest BCUT2D eigenvalue weighted by Gasteiger charge is -2.31. The Labute approximate surface area is 178 Å². The zero-order chi connectivity index (χ0) is 21.2. The van der Waals surface area contributed by atoms with Crippen LogP contribution in [0.5, 0.6) is 0 Å². The van der Waals surface area contributed by atoms with E-state index in [4.69, 9.17) is 23.5 Å². The summed E-state index contributed by atoms with van der Waals surface area (Å²) in [5, 5.41) is 0.814. The zero-order valence-electron chi connectivity index (χ0n) is 17.8. The van der Waals surface area contributed by atoms with E-state index in [-0.39, 0.29) is 24.2 Å². The molecule has 2 aliphatic heterocycles. The Hall–Kier alpha value is -0.660. The van der Waals surface area contributed by atoms with Crippen molar-refractivity contribution in [2.45, 2.75) is 69.8 Å². The number of carbonyl (C=O) groups excluding carboxylic acids is 1. The first kappa shape index (κ1) is 24.6. The summed E-state index contributed by atoms with van der Waals surface area (Å²) in [6.07, 6.45) is 11.4. The number of thioether (sulfide) groups is 1. The summed E-state index contributed by atoms with van der Waals surface area (Å²) in [7, 11) is -1.72. The van der Waals surface area contributed by atoms with Gasteiger partial charge in [-0.2, -0.15) is 0 Å². The van der Waals surface area contributed by atoms with Crippen LogP contribution in [0, 0.1) is 0 Å². The maximum absolute atomic E-state index is 12.9. The second-order valence-corrected chi connectivity index (χ2v) is 10.8. The number of carbonyl (C=O) groups is 1. The number of unbranched alkanes of at least 4 members (excludes halogenated alkanes) is 5. The zero-order valence-corrected chi connectivity index (χ0v) is 19.5. The van der Waals surface area contributed by atoms with Crippen LogP contribution in [-0.4, -0.2) is 55.1 Å². The van der Waals surface area contributed by atoms with Gasteiger partial charge in [0.25, 0.3) is 0 Å². The molecule has 2 heterocycles. The van der Waals surface area contributed by atoms with E-state index in [1.807, 2.05) is 12.2 Å². The van der Waals surface area contributed by atoms with Crippen LogP contribution in [0.2, 0.25) is 0 Å². The van der Waals surface area contributed by atoms with Crippen molar-refractivity contribution in [3.8, 4) is 0 Å². The Morgan fingerprint density at radius 2 is 2.10 bits per heavy atom. The molecule has 0 amide bonds. The highest BCUT2D eigenvalue weighted by molar-refractivity contribution is 8.14. The highest BCUT2D eigenvalue weighted by atomic mass is 32.2. The van der Waals surface area contributed by atoms with Crippen molar-refractivity contribution in [3.63, 3.8) is 0 Å². The number of fused-ring (bicyclic) bond motifs is 1. The lowest BCUT2D eigenvalue weighted by molar-refractivity contribution is -0.143. The van der Waals surface area contributed by atoms with Gasteiger partial charge in [-0.3, -0.25) is 14.4 Å². The first-order chi connectivity index (χ1) is 13.9. The molecule has 0 fully saturated rings. The quantitative estimate of drug-likeness (QED) is 0.161. The summed E-state index contributed by atoms with van der Waals surface area (Å²) in [6, 6.07) is 0. The van der Waals surface area contributed by atoms with Gasteiger partial charge in [0, 0.05) is 20.5 Å². The van der Waals surface area contributed by atoms with E-state index in [1.165, 1.54) is 51.5 Å². The van der Waals surface area contributed by atoms with Gasteiger partial charge in [0.1, 0.15) is 17.6 Å². The van der Waals surface area contributed by atoms with E-state index in [0.29, 0.717) is 19.6 Å². The van der Waals surface area contributed by atoms with Gasteiger partial charge >= 0.3 is 13.6 Å². The fraction of sp³-hybridized carbons (Fsp3) is 0.800. The van der Waals surface area contributed by atoms with E-state index in [1.54, 1.807) is 0 Å². The SMILES string of the molecule is CCCCCCCCOP(=O)(CCC1=NC2(COC(C)=O)C=CCOC2S1)OC. The maximum Gasteiger partial charge on any atom is 0.330 e. The number of hydrogen-bond acceptors (Lipinski definition) is 8. The number of aliphatic imine (C=N–C) groups is 1. The average Bonchev–Trinajstić information content (AvgIpc) is 3.09. The molecular weight excluding hydrogens is 413 g/mol. The van der Waals surface area contributed by atoms with Crippen molar-refractivity contribution < 1.29 is 27.9 Å². The van der Waals surface area contributed by atoms with Crippen LogP contribution < -0.4 is 0 Å². The number of ether oxygens (including phenoxy) is 2. The third-order valence-electron chi connectivity index (χ3n) is 4.90. The van der Waals surface area contributed by atoms with Gasteiger partial charge in [-0.05, 0) is 6.42 Å². The van der Waals surface area contributed by atoms with Gasteiger partial charge in [-0.25, -0.2) is 0 Å². The summed E-state index contributed by atoms with van der Waals surface area (Å²) < 4.78 is 34.7. The topological polar surface area (TPSA) is 83.4 Å². The van der Waals surface area contributed by atoms with Crippen molar-refractivity contribution in [1.29, 1.82) is 0 Å². The first-order valence-electron chi connectivity index (χ1n) is 10.4. The molecule has 0 saturated carbocycles. The number of hydrogen-bond donors (Lipinski definition) is 0. The Balaban J connectivity index is 1.83. The summed E-state index contributed by atoms with van der Waals surface area (Å²) in [6.45, 7) is 4.65. The van der Waals surface area contributed by atoms with Gasteiger partial charge in [-0.1, -0.05) is 62.9 Å². The smallest absolute Gasteiger partial charge is 0.330 e. The molecule has 9 heteroatoms. The van der Waals surface area contributed by atoms with Gasteiger partial charge < -0.3 is 18.5 Å². The van der Waals surface area contributed by atoms with Crippen molar-refractivity contribution in [3.05, 3.63) is 12.2 Å². The summed E-state index contributed by atoms with van der Waals surface area (Å²) in [5.74, 6) is -0.349. The Morgan fingerprint density at radius 1 is 1.34 bits per heavy atom. The van der Waals surface area contributed by atoms with Crippen LogP contribution in [0.3, 0.4) is 0 Å². The van der Waals surface area contributed by atoms with E-state index in [0.717, 1.165) is 17.9 Å². The molecule has 0 saturated heterocycles. The van der Waals surface area contributed by atoms with Crippen LogP contribution in [0.25, 0.3) is 0 Å². The van der Waals surface area contributed by atoms with Crippen LogP contribution in [0.15, 0.2) is 17.1 Å². The van der Waals surface area contributed by atoms with Crippen LogP contribution in [-0.2, 0) is 27.9 Å². The molecule has 0 aromatic rings. The minimum Gasteiger partial charge on any atom is -0.463 e. The molecule has 0 aliphatic carbocycles. The number of esters is 1. The van der Waals surface area contributed by atoms with Gasteiger partial charge in [0.05, 0.1) is 24.4 Å². The summed E-state index contributed by atoms with van der Waals surface area (Å²) in [5.41, 5.74) is -0.951. The Kier molecular flexibility index (Phi) is 10.4. The average molecular weight is 448 g/mol. The maximum atomic E-state index is 12.9. The molecule has 3 unspecified atom stereocenters. The van der Waals surface area contributed by atoms with Crippen LogP contribution >= 0.6 is 19.4 Å². The van der Waals surface area contributed by atoms with E-state index in [2.05, 4.69) is 6.92 Å². The van der Waals surface area contributed by atoms with E-state index >= 15 is 0 Å². The number of nitrogens with zero attached hydrogens (tertiary/aromatic N) is 1. The highest BCUT2D eigenvalue weighted by Gasteiger charge is 2.46. The van der Waals surface area contributed by atoms with Crippen molar-refractivity contribution in [1.82, 2.24) is 0 Å². The predicted molar refractivity (Wildman–Crippen MR) is 117 cm³/mol. The molecule has 0 N–H and O–H groups in total. The lowest BCUT2D eigenvalue weighted by atomic mass is 10.0. The Morgan fingerprint density at radius 3 is 2.83 bits per heavy atom. The Bertz CT molecular complexity index is 640. The molecule has 0 bridgehead atoms. The van der Waals surface area contributed by atoms with Crippen molar-refractivity contribution in [2.24, 2.45) is 4.99 Å². The third kappa shape index (κ3) is 7.83. The molecule has 2 rings (SSSR count). The fourth-order valence-electron chi connectivity index (χ4n) is 3.23. The minimum absolute atomic E-state index is 0.135. The van der Waals surface area contributed by atoms with Gasteiger partial charge in [0.2, 0.25) is 0 Å². The summed E-state index contributed by atoms with van der Waals surface area (Å²) in [4.78, 5) is 16.0. The normalized spacial score (nSPS) is 25.3. The highest BCUT2D eigenvalue weighted by Crippen LogP contribution is 2.50. The molecule has 0 spiro atoms. The molecule has 0 aromatic heterocycles. The van der Waals surface area contributed by atoms with Crippen molar-refractivity contribution in [2.75, 3.05) is 33.1 Å². The van der Waals surface area contributed by atoms with Gasteiger partial charge in [0.15, 0.2) is 0 Å². The second kappa shape index (κ2) is 12.3. The monoisotopic (exact) mass is 447 g/mol. The van der Waals surface area contributed by atoms with E-state index in [9.17, 15) is 9.36 Å². The molecular formula is C20H34NO6PS. The molecule has 2 aliphatic rings. The summed E-state index contributed by atoms with van der Waals surface area (Å²) >= 11 is 1.49. The third-order valence-corrected chi connectivity index (χ3v) is 8.13. The first-order valence-corrected chi connectivity index (χ1v) is 13.0. The molecule has 0 aromatic carbocycles. The predicted octanol–water partition coefficient (Wildman–Crippen LogP) is 4.95.